The number of nitrogens with zero attached hydrogens (tertiary/aromatic N) is 1. The van der Waals surface area contributed by atoms with Crippen LogP contribution in [0.2, 0.25) is 0 Å². The largest absolute Gasteiger partial charge is 0.390 e. The van der Waals surface area contributed by atoms with Crippen molar-refractivity contribution >= 4 is 0 Å². The van der Waals surface area contributed by atoms with E-state index in [1.165, 1.54) is 18.2 Å². The van der Waals surface area contributed by atoms with E-state index in [1.807, 2.05) is 0 Å². The lowest BCUT2D eigenvalue weighted by molar-refractivity contribution is -0.0943. The fourth-order valence-corrected chi connectivity index (χ4v) is 2.47. The van der Waals surface area contributed by atoms with Crippen LogP contribution in [0.5, 0.6) is 0 Å². The number of aliphatic hydroxyl groups is 1. The minimum atomic E-state index is -0.914. The van der Waals surface area contributed by atoms with Crippen molar-refractivity contribution in [2.24, 2.45) is 0 Å². The van der Waals surface area contributed by atoms with Crippen LogP contribution in [-0.4, -0.2) is 48.0 Å². The summed E-state index contributed by atoms with van der Waals surface area (Å²) in [6.45, 7) is 6.07. The number of rotatable bonds is 4. The van der Waals surface area contributed by atoms with Crippen molar-refractivity contribution in [1.82, 2.24) is 4.90 Å². The van der Waals surface area contributed by atoms with Gasteiger partial charge in [-0.1, -0.05) is 6.07 Å². The van der Waals surface area contributed by atoms with Crippen molar-refractivity contribution in [2.75, 3.05) is 19.7 Å². The Morgan fingerprint density at radius 2 is 2.00 bits per heavy atom. The Balaban J connectivity index is 2.02. The van der Waals surface area contributed by atoms with E-state index in [0.29, 0.717) is 19.2 Å². The van der Waals surface area contributed by atoms with E-state index in [1.54, 1.807) is 0 Å². The molecule has 1 heterocycles. The van der Waals surface area contributed by atoms with Crippen molar-refractivity contribution in [3.8, 4) is 0 Å². The number of ether oxygens (including phenoxy) is 1. The van der Waals surface area contributed by atoms with Gasteiger partial charge in [-0.05, 0) is 26.0 Å². The summed E-state index contributed by atoms with van der Waals surface area (Å²) in [6, 6.07) is 4.08. The zero-order chi connectivity index (χ0) is 14.7. The summed E-state index contributed by atoms with van der Waals surface area (Å²) in [6.07, 6.45) is -1.40. The second kappa shape index (κ2) is 6.61. The maximum atomic E-state index is 13.6. The Labute approximate surface area is 118 Å². The standard InChI is InChI=1S/C15H21F2NO2/c1-10(2)18-6-7-20-15(9-18)14(19)8-11-12(16)4-3-5-13(11)17/h3-5,10,14-15,19H,6-9H2,1-2H3. The Morgan fingerprint density at radius 1 is 1.35 bits per heavy atom. The smallest absolute Gasteiger partial charge is 0.129 e. The normalized spacial score (nSPS) is 22.2. The number of hydrogen-bond acceptors (Lipinski definition) is 3. The van der Waals surface area contributed by atoms with Crippen LogP contribution in [0.25, 0.3) is 0 Å². The molecule has 1 fully saturated rings. The van der Waals surface area contributed by atoms with Crippen LogP contribution in [-0.2, 0) is 11.2 Å². The van der Waals surface area contributed by atoms with Crippen LogP contribution >= 0.6 is 0 Å². The number of hydrogen-bond donors (Lipinski definition) is 1. The van der Waals surface area contributed by atoms with Crippen LogP contribution in [0.3, 0.4) is 0 Å². The molecule has 0 aromatic heterocycles. The van der Waals surface area contributed by atoms with Gasteiger partial charge in [-0.15, -0.1) is 0 Å². The van der Waals surface area contributed by atoms with Crippen LogP contribution in [0.15, 0.2) is 18.2 Å². The number of morpholine rings is 1. The van der Waals surface area contributed by atoms with Gasteiger partial charge < -0.3 is 9.84 Å². The first-order valence-electron chi connectivity index (χ1n) is 6.95. The van der Waals surface area contributed by atoms with Gasteiger partial charge in [-0.2, -0.15) is 0 Å². The molecular weight excluding hydrogens is 264 g/mol. The maximum Gasteiger partial charge on any atom is 0.129 e. The minimum absolute atomic E-state index is 0.0743. The van der Waals surface area contributed by atoms with Gasteiger partial charge in [0, 0.05) is 31.1 Å². The van der Waals surface area contributed by atoms with E-state index in [0.717, 1.165) is 6.54 Å². The molecule has 20 heavy (non-hydrogen) atoms. The van der Waals surface area contributed by atoms with Crippen LogP contribution in [0.4, 0.5) is 8.78 Å². The lowest BCUT2D eigenvalue weighted by Crippen LogP contribution is -2.50. The van der Waals surface area contributed by atoms with Gasteiger partial charge in [-0.3, -0.25) is 4.90 Å². The molecule has 0 radical (unpaired) electrons. The van der Waals surface area contributed by atoms with Crippen molar-refractivity contribution in [3.05, 3.63) is 35.4 Å². The van der Waals surface area contributed by atoms with E-state index in [9.17, 15) is 13.9 Å². The van der Waals surface area contributed by atoms with Gasteiger partial charge >= 0.3 is 0 Å². The molecule has 1 aromatic rings. The monoisotopic (exact) mass is 285 g/mol. The summed E-state index contributed by atoms with van der Waals surface area (Å²) in [5.41, 5.74) is -0.0785. The van der Waals surface area contributed by atoms with Crippen LogP contribution in [0, 0.1) is 11.6 Å². The first kappa shape index (κ1) is 15.4. The summed E-state index contributed by atoms with van der Waals surface area (Å²) in [7, 11) is 0. The molecule has 1 aliphatic heterocycles. The molecule has 1 saturated heterocycles. The van der Waals surface area contributed by atoms with Crippen molar-refractivity contribution in [3.63, 3.8) is 0 Å². The number of halogens is 2. The second-order valence-corrected chi connectivity index (χ2v) is 5.47. The van der Waals surface area contributed by atoms with Gasteiger partial charge in [0.25, 0.3) is 0 Å². The molecule has 2 atom stereocenters. The highest BCUT2D eigenvalue weighted by Gasteiger charge is 2.29. The lowest BCUT2D eigenvalue weighted by Gasteiger charge is -2.37. The SMILES string of the molecule is CC(C)N1CCOC(C(O)Cc2c(F)cccc2F)C1. The first-order chi connectivity index (χ1) is 9.49. The van der Waals surface area contributed by atoms with E-state index in [4.69, 9.17) is 4.74 Å². The topological polar surface area (TPSA) is 32.7 Å². The van der Waals surface area contributed by atoms with Gasteiger partial charge in [0.2, 0.25) is 0 Å². The van der Waals surface area contributed by atoms with E-state index in [2.05, 4.69) is 18.7 Å². The predicted octanol–water partition coefficient (Wildman–Crippen LogP) is 1.98. The average molecular weight is 285 g/mol. The zero-order valence-electron chi connectivity index (χ0n) is 11.9. The summed E-state index contributed by atoms with van der Waals surface area (Å²) in [5, 5.41) is 10.2. The number of benzene rings is 1. The van der Waals surface area contributed by atoms with Gasteiger partial charge in [0.05, 0.1) is 18.8 Å². The number of aliphatic hydroxyl groups excluding tert-OH is 1. The Bertz CT molecular complexity index is 433. The van der Waals surface area contributed by atoms with Gasteiger partial charge in [0.15, 0.2) is 0 Å². The van der Waals surface area contributed by atoms with Gasteiger partial charge in [0.1, 0.15) is 11.6 Å². The summed E-state index contributed by atoms with van der Waals surface area (Å²) in [5.74, 6) is -1.25. The molecular formula is C15H21F2NO2. The fourth-order valence-electron chi connectivity index (χ4n) is 2.47. The molecule has 0 saturated carbocycles. The van der Waals surface area contributed by atoms with Crippen molar-refractivity contribution < 1.29 is 18.6 Å². The highest BCUT2D eigenvalue weighted by molar-refractivity contribution is 5.20. The van der Waals surface area contributed by atoms with E-state index >= 15 is 0 Å². The average Bonchev–Trinajstić information content (AvgIpc) is 2.43. The molecule has 5 heteroatoms. The first-order valence-corrected chi connectivity index (χ1v) is 6.95. The summed E-state index contributed by atoms with van der Waals surface area (Å²) >= 11 is 0. The zero-order valence-corrected chi connectivity index (χ0v) is 11.9. The molecule has 2 rings (SSSR count). The molecule has 112 valence electrons. The lowest BCUT2D eigenvalue weighted by atomic mass is 10.0. The van der Waals surface area contributed by atoms with Crippen LogP contribution in [0.1, 0.15) is 19.4 Å². The molecule has 2 unspecified atom stereocenters. The Kier molecular flexibility index (Phi) is 5.07. The molecule has 1 aliphatic rings. The third kappa shape index (κ3) is 3.53. The second-order valence-electron chi connectivity index (χ2n) is 5.47. The molecule has 3 nitrogen and oxygen atoms in total. The summed E-state index contributed by atoms with van der Waals surface area (Å²) < 4.78 is 32.7. The molecule has 1 aromatic carbocycles. The molecule has 0 bridgehead atoms. The molecule has 0 aliphatic carbocycles. The van der Waals surface area contributed by atoms with E-state index in [-0.39, 0.29) is 12.0 Å². The van der Waals surface area contributed by atoms with Crippen molar-refractivity contribution in [2.45, 2.75) is 38.5 Å². The van der Waals surface area contributed by atoms with Crippen LogP contribution < -0.4 is 0 Å². The minimum Gasteiger partial charge on any atom is -0.390 e. The molecule has 0 amide bonds. The third-order valence-electron chi connectivity index (χ3n) is 3.76. The molecule has 1 N–H and O–H groups in total. The molecule has 0 spiro atoms. The predicted molar refractivity (Wildman–Crippen MR) is 72.5 cm³/mol. The summed E-state index contributed by atoms with van der Waals surface area (Å²) in [4.78, 5) is 2.19. The Morgan fingerprint density at radius 3 is 2.60 bits per heavy atom. The third-order valence-corrected chi connectivity index (χ3v) is 3.76. The fraction of sp³-hybridized carbons (Fsp3) is 0.600. The highest BCUT2D eigenvalue weighted by Crippen LogP contribution is 2.19. The van der Waals surface area contributed by atoms with Gasteiger partial charge in [-0.25, -0.2) is 8.78 Å². The van der Waals surface area contributed by atoms with Crippen molar-refractivity contribution in [1.29, 1.82) is 0 Å². The quantitative estimate of drug-likeness (QED) is 0.918. The Hall–Kier alpha value is -1.04. The maximum absolute atomic E-state index is 13.6. The van der Waals surface area contributed by atoms with E-state index < -0.39 is 23.8 Å². The highest BCUT2D eigenvalue weighted by atomic mass is 19.1.